The van der Waals surface area contributed by atoms with E-state index < -0.39 is 11.9 Å². The second-order valence-electron chi connectivity index (χ2n) is 8.27. The maximum Gasteiger partial charge on any atom is 0.258 e. The van der Waals surface area contributed by atoms with Crippen molar-refractivity contribution in [3.63, 3.8) is 0 Å². The Hall–Kier alpha value is -3.71. The summed E-state index contributed by atoms with van der Waals surface area (Å²) in [5.41, 5.74) is 2.41. The first-order chi connectivity index (χ1) is 16.0. The number of carbonyl (C=O) groups is 2. The van der Waals surface area contributed by atoms with Crippen molar-refractivity contribution in [2.24, 2.45) is 0 Å². The van der Waals surface area contributed by atoms with Crippen LogP contribution < -0.4 is 9.64 Å². The van der Waals surface area contributed by atoms with Crippen molar-refractivity contribution in [3.8, 4) is 5.75 Å². The predicted molar refractivity (Wildman–Crippen MR) is 121 cm³/mol. The summed E-state index contributed by atoms with van der Waals surface area (Å²) in [5.74, 6) is -0.491. The van der Waals surface area contributed by atoms with Gasteiger partial charge in [-0.1, -0.05) is 24.3 Å². The fourth-order valence-electron chi connectivity index (χ4n) is 5.02. The molecule has 0 aromatic heterocycles. The first-order valence-corrected chi connectivity index (χ1v) is 10.8. The summed E-state index contributed by atoms with van der Waals surface area (Å²) in [4.78, 5) is 30.0. The van der Waals surface area contributed by atoms with Crippen LogP contribution in [0.4, 0.5) is 10.1 Å². The molecule has 0 unspecified atom stereocenters. The van der Waals surface area contributed by atoms with Gasteiger partial charge in [0, 0.05) is 29.3 Å². The van der Waals surface area contributed by atoms with E-state index >= 15 is 0 Å². The van der Waals surface area contributed by atoms with Crippen molar-refractivity contribution >= 4 is 17.5 Å². The molecule has 0 bridgehead atoms. The fraction of sp³-hybridized carbons (Fsp3) is 0.231. The number of halogens is 1. The third kappa shape index (κ3) is 3.45. The second kappa shape index (κ2) is 8.33. The molecule has 6 nitrogen and oxygen atoms in total. The molecule has 2 aliphatic heterocycles. The number of methoxy groups -OCH3 is 1. The molecular weight excluding hydrogens is 423 g/mol. The van der Waals surface area contributed by atoms with E-state index in [1.807, 2.05) is 24.3 Å². The maximum atomic E-state index is 13.7. The lowest BCUT2D eigenvalue weighted by atomic mass is 9.71. The van der Waals surface area contributed by atoms with Gasteiger partial charge in [0.05, 0.1) is 25.8 Å². The zero-order valence-electron chi connectivity index (χ0n) is 18.0. The Bertz CT molecular complexity index is 1210. The molecule has 1 fully saturated rings. The molecule has 3 aromatic carbocycles. The number of likely N-dealkylation sites (tertiary alicyclic amines) is 1. The normalized spacial score (nSPS) is 21.0. The van der Waals surface area contributed by atoms with Crippen molar-refractivity contribution in [1.29, 1.82) is 0 Å². The molecule has 1 saturated heterocycles. The highest BCUT2D eigenvalue weighted by Crippen LogP contribution is 2.48. The lowest BCUT2D eigenvalue weighted by Crippen LogP contribution is -2.70. The highest BCUT2D eigenvalue weighted by atomic mass is 19.1. The zero-order chi connectivity index (χ0) is 23.1. The van der Waals surface area contributed by atoms with Crippen LogP contribution in [0.15, 0.2) is 72.8 Å². The van der Waals surface area contributed by atoms with Crippen LogP contribution in [0.1, 0.15) is 32.2 Å². The third-order valence-electron chi connectivity index (χ3n) is 6.58. The Balaban J connectivity index is 1.51. The lowest BCUT2D eigenvalue weighted by molar-refractivity contribution is -0.0246. The van der Waals surface area contributed by atoms with E-state index in [0.29, 0.717) is 11.3 Å². The van der Waals surface area contributed by atoms with E-state index in [1.54, 1.807) is 47.2 Å². The van der Waals surface area contributed by atoms with Crippen LogP contribution >= 0.6 is 0 Å². The van der Waals surface area contributed by atoms with E-state index in [4.69, 9.17) is 4.74 Å². The molecule has 5 rings (SSSR count). The fourth-order valence-corrected chi connectivity index (χ4v) is 5.02. The van der Waals surface area contributed by atoms with Crippen LogP contribution in [0.2, 0.25) is 0 Å². The molecule has 0 aliphatic carbocycles. The number of para-hydroxylation sites is 1. The molecule has 0 saturated carbocycles. The number of aliphatic hydroxyl groups is 1. The smallest absolute Gasteiger partial charge is 0.258 e. The predicted octanol–water partition coefficient (Wildman–Crippen LogP) is 3.46. The molecule has 0 radical (unpaired) electrons. The highest BCUT2D eigenvalue weighted by Gasteiger charge is 2.55. The number of amides is 2. The van der Waals surface area contributed by atoms with Gasteiger partial charge in [-0.15, -0.1) is 0 Å². The summed E-state index contributed by atoms with van der Waals surface area (Å²) < 4.78 is 18.9. The Morgan fingerprint density at radius 3 is 2.45 bits per heavy atom. The number of nitrogens with zero attached hydrogens (tertiary/aromatic N) is 2. The van der Waals surface area contributed by atoms with E-state index in [0.717, 1.165) is 11.3 Å². The first-order valence-electron chi connectivity index (χ1n) is 10.8. The number of carbonyl (C=O) groups excluding carboxylic acids is 2. The Kier molecular flexibility index (Phi) is 5.34. The highest BCUT2D eigenvalue weighted by molar-refractivity contribution is 6.07. The van der Waals surface area contributed by atoms with Crippen LogP contribution in [0.5, 0.6) is 5.75 Å². The molecule has 2 heterocycles. The van der Waals surface area contributed by atoms with Crippen LogP contribution in [-0.4, -0.2) is 54.2 Å². The maximum absolute atomic E-state index is 13.7. The number of anilines is 1. The Labute approximate surface area is 190 Å². The SMILES string of the molecule is COc1ccc(C(=O)N2C[C@@H]3[C@H](c4ccccc42)[C@H](CO)N3C(=O)c2cccc(F)c2)cc1. The van der Waals surface area contributed by atoms with Gasteiger partial charge in [-0.25, -0.2) is 4.39 Å². The minimum atomic E-state index is -0.497. The van der Waals surface area contributed by atoms with Crippen LogP contribution in [0.3, 0.4) is 0 Å². The monoisotopic (exact) mass is 446 g/mol. The summed E-state index contributed by atoms with van der Waals surface area (Å²) in [6.07, 6.45) is 0. The molecule has 7 heteroatoms. The summed E-state index contributed by atoms with van der Waals surface area (Å²) in [6.45, 7) is 0.0626. The van der Waals surface area contributed by atoms with Gasteiger partial charge in [-0.3, -0.25) is 9.59 Å². The molecule has 3 aromatic rings. The number of ether oxygens (including phenoxy) is 1. The van der Waals surface area contributed by atoms with Crippen molar-refractivity contribution < 1.29 is 23.8 Å². The average Bonchev–Trinajstić information content (AvgIpc) is 2.84. The van der Waals surface area contributed by atoms with Crippen LogP contribution in [0, 0.1) is 5.82 Å². The average molecular weight is 446 g/mol. The van der Waals surface area contributed by atoms with Crippen molar-refractivity contribution in [1.82, 2.24) is 4.90 Å². The standard InChI is InChI=1S/C26H23FN2O4/c1-33-19-11-9-16(10-12-19)25(31)28-14-22-24(20-7-2-3-8-21(20)28)23(15-30)29(22)26(32)17-5-4-6-18(27)13-17/h2-13,22-24,30H,14-15H2,1H3/t22-,23+,24+/m1/s1. The lowest BCUT2D eigenvalue weighted by Gasteiger charge is -2.58. The summed E-state index contributed by atoms with van der Waals surface area (Å²) >= 11 is 0. The van der Waals surface area contributed by atoms with E-state index in [1.165, 1.54) is 18.2 Å². The van der Waals surface area contributed by atoms with E-state index in [9.17, 15) is 19.1 Å². The molecule has 33 heavy (non-hydrogen) atoms. The molecule has 2 amide bonds. The third-order valence-corrected chi connectivity index (χ3v) is 6.58. The van der Waals surface area contributed by atoms with Gasteiger partial charge in [0.2, 0.25) is 0 Å². The number of aliphatic hydroxyl groups excluding tert-OH is 1. The minimum Gasteiger partial charge on any atom is -0.497 e. The number of fused-ring (bicyclic) bond motifs is 3. The van der Waals surface area contributed by atoms with Gasteiger partial charge in [0.25, 0.3) is 11.8 Å². The molecule has 0 spiro atoms. The van der Waals surface area contributed by atoms with Crippen LogP contribution in [-0.2, 0) is 0 Å². The van der Waals surface area contributed by atoms with Gasteiger partial charge in [-0.2, -0.15) is 0 Å². The van der Waals surface area contributed by atoms with Gasteiger partial charge in [0.15, 0.2) is 0 Å². The minimum absolute atomic E-state index is 0.108. The molecular formula is C26H23FN2O4. The second-order valence-corrected chi connectivity index (χ2v) is 8.27. The summed E-state index contributed by atoms with van der Waals surface area (Å²) in [6, 6.07) is 19.2. The van der Waals surface area contributed by atoms with E-state index in [-0.39, 0.29) is 42.5 Å². The number of hydrogen-bond acceptors (Lipinski definition) is 4. The summed E-state index contributed by atoms with van der Waals surface area (Å²) in [7, 11) is 1.57. The van der Waals surface area contributed by atoms with Crippen molar-refractivity contribution in [2.75, 3.05) is 25.2 Å². The number of hydrogen-bond donors (Lipinski definition) is 1. The topological polar surface area (TPSA) is 70.1 Å². The molecule has 2 aliphatic rings. The first kappa shape index (κ1) is 21.2. The van der Waals surface area contributed by atoms with E-state index in [2.05, 4.69) is 0 Å². The number of benzene rings is 3. The van der Waals surface area contributed by atoms with Crippen LogP contribution in [0.25, 0.3) is 0 Å². The van der Waals surface area contributed by atoms with Gasteiger partial charge in [-0.05, 0) is 54.1 Å². The quantitative estimate of drug-likeness (QED) is 0.667. The van der Waals surface area contributed by atoms with Crippen molar-refractivity contribution in [2.45, 2.75) is 18.0 Å². The van der Waals surface area contributed by atoms with Gasteiger partial charge in [0.1, 0.15) is 11.6 Å². The molecule has 168 valence electrons. The Morgan fingerprint density at radius 1 is 1.00 bits per heavy atom. The summed E-state index contributed by atoms with van der Waals surface area (Å²) in [5, 5.41) is 10.1. The number of rotatable bonds is 4. The molecule has 1 N–H and O–H groups in total. The largest absolute Gasteiger partial charge is 0.497 e. The zero-order valence-corrected chi connectivity index (χ0v) is 18.0. The van der Waals surface area contributed by atoms with Gasteiger partial charge < -0.3 is 19.6 Å². The Morgan fingerprint density at radius 2 is 1.76 bits per heavy atom. The van der Waals surface area contributed by atoms with Crippen molar-refractivity contribution in [3.05, 3.63) is 95.3 Å². The molecule has 3 atom stereocenters. The van der Waals surface area contributed by atoms with Gasteiger partial charge >= 0.3 is 0 Å².